The molecule has 0 aliphatic rings. The van der Waals surface area contributed by atoms with Gasteiger partial charge in [-0.3, -0.25) is 37.3 Å². The number of hydrogen-bond acceptors (Lipinski definition) is 15. The number of hydrogen-bond donors (Lipinski definition) is 3. The maximum atomic E-state index is 13.1. The molecule has 0 aromatic carbocycles. The van der Waals surface area contributed by atoms with Crippen LogP contribution in [0.1, 0.15) is 440 Å². The lowest BCUT2D eigenvalue weighted by Crippen LogP contribution is -2.30. The van der Waals surface area contributed by atoms with E-state index < -0.39 is 97.5 Å². The van der Waals surface area contributed by atoms with Crippen molar-refractivity contribution >= 4 is 39.5 Å². The summed E-state index contributed by atoms with van der Waals surface area (Å²) in [6, 6.07) is 0. The molecule has 0 aliphatic carbocycles. The summed E-state index contributed by atoms with van der Waals surface area (Å²) in [4.78, 5) is 73.1. The molecule has 0 saturated heterocycles. The smallest absolute Gasteiger partial charge is 0.462 e. The van der Waals surface area contributed by atoms with E-state index >= 15 is 0 Å². The molecular weight excluding hydrogens is 1340 g/mol. The fourth-order valence-electron chi connectivity index (χ4n) is 13.0. The van der Waals surface area contributed by atoms with Gasteiger partial charge in [-0.25, -0.2) is 9.13 Å². The Morgan fingerprint density at radius 2 is 0.495 bits per heavy atom. The Morgan fingerprint density at radius 1 is 0.282 bits per heavy atom. The van der Waals surface area contributed by atoms with Crippen molar-refractivity contribution in [1.29, 1.82) is 0 Å². The van der Waals surface area contributed by atoms with Crippen LogP contribution in [0.3, 0.4) is 0 Å². The van der Waals surface area contributed by atoms with Crippen molar-refractivity contribution in [2.24, 2.45) is 17.8 Å². The summed E-state index contributed by atoms with van der Waals surface area (Å²) in [6.07, 6.45) is 63.8. The lowest BCUT2D eigenvalue weighted by Gasteiger charge is -2.21. The molecule has 0 fully saturated rings. The first-order chi connectivity index (χ1) is 49.8. The molecule has 0 saturated carbocycles. The number of phosphoric ester groups is 2. The van der Waals surface area contributed by atoms with Gasteiger partial charge in [0.05, 0.1) is 26.4 Å². The molecule has 0 bridgehead atoms. The number of aliphatic hydroxyl groups excluding tert-OH is 1. The third-order valence-corrected chi connectivity index (χ3v) is 22.3. The molecule has 17 nitrogen and oxygen atoms in total. The summed E-state index contributed by atoms with van der Waals surface area (Å²) in [5, 5.41) is 10.7. The molecule has 0 aromatic rings. The molecule has 103 heavy (non-hydrogen) atoms. The Morgan fingerprint density at radius 3 is 0.738 bits per heavy atom. The maximum absolute atomic E-state index is 13.1. The number of esters is 4. The summed E-state index contributed by atoms with van der Waals surface area (Å²) >= 11 is 0. The van der Waals surface area contributed by atoms with Crippen molar-refractivity contribution in [3.05, 3.63) is 0 Å². The molecule has 0 aliphatic heterocycles. The Kier molecular flexibility index (Phi) is 72.8. The SMILES string of the molecule is CCCCCCCCCCCCCCCC(=O)O[C@H](COC(=O)CCCCCCCCCC(C)C)COP(=O)(O)OC[C@H](O)COP(=O)(O)OC[C@@H](COC(=O)CCCCCCCCCCCCCCCCC(C)CC)OC(=O)CCCCCCCCCCCCCCCCCCCCC(C)CC. The minimum absolute atomic E-state index is 0.107. The predicted octanol–water partition coefficient (Wildman–Crippen LogP) is 25.3. The monoisotopic (exact) mass is 1510 g/mol. The zero-order chi connectivity index (χ0) is 75.8. The summed E-state index contributed by atoms with van der Waals surface area (Å²) in [7, 11) is -9.92. The third-order valence-electron chi connectivity index (χ3n) is 20.4. The Balaban J connectivity index is 5.22. The van der Waals surface area contributed by atoms with Gasteiger partial charge in [-0.2, -0.15) is 0 Å². The molecule has 0 amide bonds. The van der Waals surface area contributed by atoms with Crippen LogP contribution in [-0.2, 0) is 65.4 Å². The van der Waals surface area contributed by atoms with E-state index in [4.69, 9.17) is 37.0 Å². The van der Waals surface area contributed by atoms with E-state index in [-0.39, 0.29) is 25.7 Å². The lowest BCUT2D eigenvalue weighted by atomic mass is 9.99. The molecule has 0 aromatic heterocycles. The molecule has 0 heterocycles. The molecule has 7 atom stereocenters. The van der Waals surface area contributed by atoms with Crippen LogP contribution < -0.4 is 0 Å². The van der Waals surface area contributed by atoms with Gasteiger partial charge < -0.3 is 33.8 Å². The van der Waals surface area contributed by atoms with Crippen LogP contribution in [0.5, 0.6) is 0 Å². The minimum atomic E-state index is -4.96. The lowest BCUT2D eigenvalue weighted by molar-refractivity contribution is -0.161. The standard InChI is InChI=1S/C84H164O17P2/c1-8-11-12-13-14-15-16-25-33-38-45-53-60-67-83(88)101-80(72-95-82(87)66-59-52-47-40-41-48-55-62-75(4)5)74-99-103(92,93)97-70-78(85)69-96-102(90,91)98-73-79(71-94-81(86)65-58-51-44-37-32-28-24-23-27-31-36-43-50-57-64-77(7)10-3)100-84(89)68-61-54-46-39-34-29-22-20-18-17-19-21-26-30-35-42-49-56-63-76(6)9-2/h75-80,85H,8-74H2,1-7H3,(H,90,91)(H,92,93)/t76?,77?,78-,79-,80-/m1/s1. The first kappa shape index (κ1) is 101. The number of carbonyl (C=O) groups excluding carboxylic acids is 4. The highest BCUT2D eigenvalue weighted by Crippen LogP contribution is 2.45. The van der Waals surface area contributed by atoms with Crippen molar-refractivity contribution in [3.63, 3.8) is 0 Å². The zero-order valence-corrected chi connectivity index (χ0v) is 69.6. The van der Waals surface area contributed by atoms with Crippen LogP contribution in [-0.4, -0.2) is 96.7 Å². The van der Waals surface area contributed by atoms with Gasteiger partial charge >= 0.3 is 39.5 Å². The van der Waals surface area contributed by atoms with Crippen molar-refractivity contribution in [3.8, 4) is 0 Å². The Labute approximate surface area is 632 Å². The number of phosphoric acid groups is 2. The number of unbranched alkanes of at least 4 members (excludes halogenated alkanes) is 48. The van der Waals surface area contributed by atoms with E-state index in [1.165, 1.54) is 244 Å². The van der Waals surface area contributed by atoms with Crippen LogP contribution in [0.15, 0.2) is 0 Å². The second-order valence-electron chi connectivity index (χ2n) is 31.2. The topological polar surface area (TPSA) is 237 Å². The number of aliphatic hydroxyl groups is 1. The molecule has 4 unspecified atom stereocenters. The van der Waals surface area contributed by atoms with Crippen LogP contribution in [0, 0.1) is 17.8 Å². The average Bonchev–Trinajstić information content (AvgIpc) is 0.955. The first-order valence-electron chi connectivity index (χ1n) is 43.4. The van der Waals surface area contributed by atoms with Gasteiger partial charge in [0.15, 0.2) is 12.2 Å². The molecule has 0 rings (SSSR count). The Hall–Kier alpha value is -1.94. The van der Waals surface area contributed by atoms with Crippen molar-refractivity contribution < 1.29 is 80.2 Å². The summed E-state index contributed by atoms with van der Waals surface area (Å²) in [5.74, 6) is 0.319. The van der Waals surface area contributed by atoms with E-state index in [1.807, 2.05) is 0 Å². The number of ether oxygens (including phenoxy) is 4. The second-order valence-corrected chi connectivity index (χ2v) is 34.1. The summed E-state index contributed by atoms with van der Waals surface area (Å²) in [6.45, 7) is 12.0. The minimum Gasteiger partial charge on any atom is -0.462 e. The second kappa shape index (κ2) is 74.2. The zero-order valence-electron chi connectivity index (χ0n) is 67.8. The van der Waals surface area contributed by atoms with Crippen LogP contribution >= 0.6 is 15.6 Å². The average molecular weight is 1510 g/mol. The van der Waals surface area contributed by atoms with Crippen molar-refractivity contribution in [2.45, 2.75) is 458 Å². The highest BCUT2D eigenvalue weighted by molar-refractivity contribution is 7.47. The van der Waals surface area contributed by atoms with Gasteiger partial charge in [0.2, 0.25) is 0 Å². The summed E-state index contributed by atoms with van der Waals surface area (Å²) in [5.41, 5.74) is 0. The van der Waals surface area contributed by atoms with Crippen LogP contribution in [0.25, 0.3) is 0 Å². The first-order valence-corrected chi connectivity index (χ1v) is 46.4. The largest absolute Gasteiger partial charge is 0.472 e. The van der Waals surface area contributed by atoms with E-state index in [2.05, 4.69) is 48.5 Å². The molecule has 0 spiro atoms. The quantitative estimate of drug-likeness (QED) is 0.0222. The summed E-state index contributed by atoms with van der Waals surface area (Å²) < 4.78 is 68.8. The highest BCUT2D eigenvalue weighted by Gasteiger charge is 2.30. The van der Waals surface area contributed by atoms with E-state index in [9.17, 15) is 43.2 Å². The van der Waals surface area contributed by atoms with E-state index in [0.717, 1.165) is 108 Å². The van der Waals surface area contributed by atoms with Crippen molar-refractivity contribution in [2.75, 3.05) is 39.6 Å². The van der Waals surface area contributed by atoms with Gasteiger partial charge in [0.25, 0.3) is 0 Å². The fraction of sp³-hybridized carbons (Fsp3) is 0.952. The van der Waals surface area contributed by atoms with E-state index in [1.54, 1.807) is 0 Å². The molecular formula is C84H164O17P2. The molecule has 612 valence electrons. The third kappa shape index (κ3) is 75.3. The molecule has 19 heteroatoms. The number of carbonyl (C=O) groups is 4. The molecule has 3 N–H and O–H groups in total. The van der Waals surface area contributed by atoms with Gasteiger partial charge in [-0.15, -0.1) is 0 Å². The van der Waals surface area contributed by atoms with E-state index in [0.29, 0.717) is 31.6 Å². The maximum Gasteiger partial charge on any atom is 0.472 e. The number of rotatable bonds is 82. The molecule has 0 radical (unpaired) electrons. The predicted molar refractivity (Wildman–Crippen MR) is 423 cm³/mol. The highest BCUT2D eigenvalue weighted by atomic mass is 31.2. The van der Waals surface area contributed by atoms with Gasteiger partial charge in [0.1, 0.15) is 19.3 Å². The van der Waals surface area contributed by atoms with Crippen LogP contribution in [0.4, 0.5) is 0 Å². The van der Waals surface area contributed by atoms with Gasteiger partial charge in [-0.1, -0.05) is 389 Å². The van der Waals surface area contributed by atoms with Gasteiger partial charge in [0, 0.05) is 25.7 Å². The van der Waals surface area contributed by atoms with Gasteiger partial charge in [-0.05, 0) is 43.4 Å². The Bertz CT molecular complexity index is 2000. The van der Waals surface area contributed by atoms with Crippen molar-refractivity contribution in [1.82, 2.24) is 0 Å². The van der Waals surface area contributed by atoms with Crippen LogP contribution in [0.2, 0.25) is 0 Å². The fourth-order valence-corrected chi connectivity index (χ4v) is 14.5. The normalized spacial score (nSPS) is 14.4.